The number of aromatic nitrogens is 1. The van der Waals surface area contributed by atoms with Crippen molar-refractivity contribution in [2.75, 3.05) is 38.2 Å². The first-order chi connectivity index (χ1) is 15.2. The number of carbonyl (C=O) groups is 1. The summed E-state index contributed by atoms with van der Waals surface area (Å²) in [4.78, 5) is 21.9. The second kappa shape index (κ2) is 8.40. The molecule has 6 heteroatoms. The van der Waals surface area contributed by atoms with Crippen molar-refractivity contribution in [3.63, 3.8) is 0 Å². The van der Waals surface area contributed by atoms with E-state index in [4.69, 9.17) is 9.72 Å². The molecule has 0 N–H and O–H groups in total. The van der Waals surface area contributed by atoms with Crippen LogP contribution in [0.25, 0.3) is 21.3 Å². The van der Waals surface area contributed by atoms with Gasteiger partial charge < -0.3 is 14.5 Å². The van der Waals surface area contributed by atoms with Gasteiger partial charge in [-0.05, 0) is 41.5 Å². The van der Waals surface area contributed by atoms with Crippen molar-refractivity contribution in [3.8, 4) is 16.9 Å². The third kappa shape index (κ3) is 3.99. The first-order valence-electron chi connectivity index (χ1n) is 10.4. The molecule has 1 aromatic heterocycles. The Hall–Kier alpha value is -3.38. The van der Waals surface area contributed by atoms with E-state index in [0.717, 1.165) is 50.9 Å². The minimum atomic E-state index is 0.0910. The van der Waals surface area contributed by atoms with Crippen LogP contribution in [0.1, 0.15) is 10.4 Å². The molecule has 1 fully saturated rings. The van der Waals surface area contributed by atoms with E-state index < -0.39 is 0 Å². The number of piperazine rings is 1. The van der Waals surface area contributed by atoms with Gasteiger partial charge >= 0.3 is 0 Å². The van der Waals surface area contributed by atoms with Gasteiger partial charge in [-0.25, -0.2) is 4.98 Å². The van der Waals surface area contributed by atoms with E-state index in [9.17, 15) is 4.79 Å². The zero-order valence-electron chi connectivity index (χ0n) is 17.3. The number of anilines is 1. The van der Waals surface area contributed by atoms with Gasteiger partial charge in [0.05, 0.1) is 17.3 Å². The number of nitrogens with zero attached hydrogens (tertiary/aromatic N) is 3. The maximum Gasteiger partial charge on any atom is 0.253 e. The minimum absolute atomic E-state index is 0.0910. The molecule has 0 unspecified atom stereocenters. The maximum atomic E-state index is 13.0. The number of benzene rings is 3. The van der Waals surface area contributed by atoms with Crippen LogP contribution in [0.4, 0.5) is 5.13 Å². The molecule has 1 aliphatic heterocycles. The molecule has 0 bridgehead atoms. The van der Waals surface area contributed by atoms with E-state index in [1.54, 1.807) is 18.4 Å². The molecule has 0 aliphatic carbocycles. The number of rotatable bonds is 4. The molecule has 0 saturated carbocycles. The average molecular weight is 430 g/mol. The largest absolute Gasteiger partial charge is 0.497 e. The van der Waals surface area contributed by atoms with Gasteiger partial charge in [0.2, 0.25) is 0 Å². The van der Waals surface area contributed by atoms with Gasteiger partial charge in [0.25, 0.3) is 5.91 Å². The van der Waals surface area contributed by atoms with E-state index in [-0.39, 0.29) is 5.91 Å². The molecule has 0 spiro atoms. The molecule has 1 aliphatic rings. The van der Waals surface area contributed by atoms with Crippen molar-refractivity contribution >= 4 is 32.6 Å². The molecular weight excluding hydrogens is 406 g/mol. The average Bonchev–Trinajstić information content (AvgIpc) is 3.28. The predicted molar refractivity (Wildman–Crippen MR) is 126 cm³/mol. The Morgan fingerprint density at radius 1 is 0.903 bits per heavy atom. The summed E-state index contributed by atoms with van der Waals surface area (Å²) in [5, 5.41) is 1.00. The summed E-state index contributed by atoms with van der Waals surface area (Å²) in [6, 6.07) is 24.1. The lowest BCUT2D eigenvalue weighted by atomic mass is 10.0. The highest BCUT2D eigenvalue weighted by molar-refractivity contribution is 7.22. The number of hydrogen-bond acceptors (Lipinski definition) is 5. The van der Waals surface area contributed by atoms with Crippen molar-refractivity contribution in [2.45, 2.75) is 0 Å². The Morgan fingerprint density at radius 2 is 1.61 bits per heavy atom. The van der Waals surface area contributed by atoms with E-state index >= 15 is 0 Å². The van der Waals surface area contributed by atoms with Crippen LogP contribution in [0.5, 0.6) is 5.75 Å². The second-order valence-electron chi connectivity index (χ2n) is 7.55. The van der Waals surface area contributed by atoms with Gasteiger partial charge in [-0.3, -0.25) is 4.79 Å². The van der Waals surface area contributed by atoms with Gasteiger partial charge in [0.1, 0.15) is 5.75 Å². The SMILES string of the molecule is COc1ccc2nc(N3CCN(C(=O)c4ccc(-c5ccccc5)cc4)CC3)sc2c1. The molecule has 2 heterocycles. The Balaban J connectivity index is 1.24. The summed E-state index contributed by atoms with van der Waals surface area (Å²) < 4.78 is 6.43. The monoisotopic (exact) mass is 429 g/mol. The van der Waals surface area contributed by atoms with Crippen molar-refractivity contribution in [2.24, 2.45) is 0 Å². The highest BCUT2D eigenvalue weighted by atomic mass is 32.1. The summed E-state index contributed by atoms with van der Waals surface area (Å²) in [6.07, 6.45) is 0. The van der Waals surface area contributed by atoms with Gasteiger partial charge in [0.15, 0.2) is 5.13 Å². The first-order valence-corrected chi connectivity index (χ1v) is 11.2. The van der Waals surface area contributed by atoms with Crippen molar-refractivity contribution in [1.29, 1.82) is 0 Å². The number of amides is 1. The van der Waals surface area contributed by atoms with Crippen molar-refractivity contribution < 1.29 is 9.53 Å². The van der Waals surface area contributed by atoms with Crippen LogP contribution in [0.3, 0.4) is 0 Å². The van der Waals surface area contributed by atoms with Crippen molar-refractivity contribution in [1.82, 2.24) is 9.88 Å². The van der Waals surface area contributed by atoms with Gasteiger partial charge in [-0.2, -0.15) is 0 Å². The summed E-state index contributed by atoms with van der Waals surface area (Å²) >= 11 is 1.67. The van der Waals surface area contributed by atoms with Crippen LogP contribution < -0.4 is 9.64 Å². The number of thiazole rings is 1. The summed E-state index contributed by atoms with van der Waals surface area (Å²) in [5.74, 6) is 0.935. The molecule has 4 aromatic rings. The predicted octanol–water partition coefficient (Wildman–Crippen LogP) is 4.93. The van der Waals surface area contributed by atoms with Crippen molar-refractivity contribution in [3.05, 3.63) is 78.4 Å². The van der Waals surface area contributed by atoms with E-state index in [1.165, 1.54) is 0 Å². The van der Waals surface area contributed by atoms with Crippen LogP contribution in [0, 0.1) is 0 Å². The standard InChI is InChI=1S/C25H23N3O2S/c1-30-21-11-12-22-23(17-21)31-25(26-22)28-15-13-27(14-16-28)24(29)20-9-7-19(8-10-20)18-5-3-2-4-6-18/h2-12,17H,13-16H2,1H3. The number of methoxy groups -OCH3 is 1. The van der Waals surface area contributed by atoms with E-state index in [1.807, 2.05) is 65.6 Å². The molecule has 3 aromatic carbocycles. The molecule has 1 saturated heterocycles. The fourth-order valence-electron chi connectivity index (χ4n) is 3.87. The van der Waals surface area contributed by atoms with E-state index in [2.05, 4.69) is 17.0 Å². The minimum Gasteiger partial charge on any atom is -0.497 e. The van der Waals surface area contributed by atoms with Crippen LogP contribution >= 0.6 is 11.3 Å². The van der Waals surface area contributed by atoms with Crippen LogP contribution in [0.15, 0.2) is 72.8 Å². The summed E-state index contributed by atoms with van der Waals surface area (Å²) in [6.45, 7) is 2.95. The zero-order chi connectivity index (χ0) is 21.2. The van der Waals surface area contributed by atoms with Gasteiger partial charge in [-0.1, -0.05) is 53.8 Å². The lowest BCUT2D eigenvalue weighted by Crippen LogP contribution is -2.48. The topological polar surface area (TPSA) is 45.7 Å². The molecule has 0 radical (unpaired) electrons. The zero-order valence-corrected chi connectivity index (χ0v) is 18.1. The Bertz CT molecular complexity index is 1200. The summed E-state index contributed by atoms with van der Waals surface area (Å²) in [7, 11) is 1.68. The number of ether oxygens (including phenoxy) is 1. The molecule has 5 rings (SSSR count). The smallest absolute Gasteiger partial charge is 0.253 e. The Labute approximate surface area is 185 Å². The van der Waals surface area contributed by atoms with Crippen LogP contribution in [0.2, 0.25) is 0 Å². The van der Waals surface area contributed by atoms with Crippen LogP contribution in [-0.4, -0.2) is 49.1 Å². The molecule has 0 atom stereocenters. The summed E-state index contributed by atoms with van der Waals surface area (Å²) in [5.41, 5.74) is 4.00. The molecule has 1 amide bonds. The lowest BCUT2D eigenvalue weighted by Gasteiger charge is -2.34. The lowest BCUT2D eigenvalue weighted by molar-refractivity contribution is 0.0747. The molecular formula is C25H23N3O2S. The Morgan fingerprint density at radius 3 is 2.32 bits per heavy atom. The second-order valence-corrected chi connectivity index (χ2v) is 8.56. The maximum absolute atomic E-state index is 13.0. The third-order valence-corrected chi connectivity index (χ3v) is 6.74. The fraction of sp³-hybridized carbons (Fsp3) is 0.200. The molecule has 5 nitrogen and oxygen atoms in total. The Kier molecular flexibility index (Phi) is 5.30. The highest BCUT2D eigenvalue weighted by Gasteiger charge is 2.24. The number of fused-ring (bicyclic) bond motifs is 1. The number of carbonyl (C=O) groups excluding carboxylic acids is 1. The first kappa shape index (κ1) is 19.6. The molecule has 156 valence electrons. The van der Waals surface area contributed by atoms with Crippen LogP contribution in [-0.2, 0) is 0 Å². The number of hydrogen-bond donors (Lipinski definition) is 0. The van der Waals surface area contributed by atoms with Gasteiger partial charge in [-0.15, -0.1) is 0 Å². The van der Waals surface area contributed by atoms with E-state index in [0.29, 0.717) is 13.1 Å². The van der Waals surface area contributed by atoms with Gasteiger partial charge in [0, 0.05) is 31.7 Å². The quantitative estimate of drug-likeness (QED) is 0.461. The highest BCUT2D eigenvalue weighted by Crippen LogP contribution is 2.32. The normalized spacial score (nSPS) is 14.1. The fourth-order valence-corrected chi connectivity index (χ4v) is 4.92. The molecule has 31 heavy (non-hydrogen) atoms. The third-order valence-electron chi connectivity index (χ3n) is 5.66.